The van der Waals surface area contributed by atoms with Crippen LogP contribution in [-0.2, 0) is 16.1 Å². The molecule has 0 spiro atoms. The molecule has 1 aromatic rings. The van der Waals surface area contributed by atoms with Gasteiger partial charge in [0.15, 0.2) is 5.82 Å². The Balaban J connectivity index is 1.96. The van der Waals surface area contributed by atoms with Crippen LogP contribution in [0.15, 0.2) is 0 Å². The molecule has 2 rings (SSSR count). The van der Waals surface area contributed by atoms with Gasteiger partial charge >= 0.3 is 0 Å². The monoisotopic (exact) mass is 279 g/mol. The van der Waals surface area contributed by atoms with Crippen molar-refractivity contribution in [3.8, 4) is 0 Å². The number of aryl methyl sites for hydroxylation is 1. The predicted octanol–water partition coefficient (Wildman–Crippen LogP) is 0.328. The van der Waals surface area contributed by atoms with Gasteiger partial charge in [-0.05, 0) is 20.8 Å². The van der Waals surface area contributed by atoms with Crippen LogP contribution in [0.1, 0.15) is 31.9 Å². The van der Waals surface area contributed by atoms with Crippen molar-refractivity contribution in [2.45, 2.75) is 39.8 Å². The van der Waals surface area contributed by atoms with E-state index in [-0.39, 0.29) is 23.8 Å². The third-order valence-corrected chi connectivity index (χ3v) is 3.53. The van der Waals surface area contributed by atoms with Crippen LogP contribution in [0.25, 0.3) is 0 Å². The Morgan fingerprint density at radius 3 is 2.75 bits per heavy atom. The minimum Gasteiger partial charge on any atom is -0.339 e. The average molecular weight is 279 g/mol. The summed E-state index contributed by atoms with van der Waals surface area (Å²) in [6.45, 7) is 6.60. The molecular weight excluding hydrogens is 258 g/mol. The van der Waals surface area contributed by atoms with E-state index in [1.54, 1.807) is 16.8 Å². The van der Waals surface area contributed by atoms with Gasteiger partial charge in [0.2, 0.25) is 11.8 Å². The van der Waals surface area contributed by atoms with Crippen molar-refractivity contribution in [1.82, 2.24) is 25.0 Å². The first-order chi connectivity index (χ1) is 9.38. The van der Waals surface area contributed by atoms with Crippen molar-refractivity contribution in [3.63, 3.8) is 0 Å². The van der Waals surface area contributed by atoms with Gasteiger partial charge in [0.05, 0.1) is 12.5 Å². The Labute approximate surface area is 118 Å². The van der Waals surface area contributed by atoms with Gasteiger partial charge < -0.3 is 9.80 Å². The van der Waals surface area contributed by atoms with Crippen molar-refractivity contribution in [2.24, 2.45) is 5.92 Å². The number of hydrogen-bond donors (Lipinski definition) is 1. The molecule has 1 aromatic heterocycles. The second kappa shape index (κ2) is 5.60. The highest BCUT2D eigenvalue weighted by atomic mass is 16.2. The third kappa shape index (κ3) is 2.97. The molecule has 20 heavy (non-hydrogen) atoms. The molecule has 1 aliphatic heterocycles. The highest BCUT2D eigenvalue weighted by molar-refractivity contribution is 5.89. The number of nitrogens with zero attached hydrogens (tertiary/aromatic N) is 4. The summed E-state index contributed by atoms with van der Waals surface area (Å²) in [5.41, 5.74) is 0. The molecule has 0 radical (unpaired) electrons. The quantitative estimate of drug-likeness (QED) is 0.861. The maximum absolute atomic E-state index is 12.4. The van der Waals surface area contributed by atoms with Gasteiger partial charge in [0, 0.05) is 26.1 Å². The molecule has 2 amide bonds. The molecule has 2 heterocycles. The SMILES string of the molecule is Cc1nc(CN(C)C(=O)C2CC(=O)N(C(C)C)C2)n[nH]1. The van der Waals surface area contributed by atoms with Gasteiger partial charge in [-0.15, -0.1) is 0 Å². The van der Waals surface area contributed by atoms with E-state index in [0.29, 0.717) is 25.3 Å². The molecule has 1 aliphatic rings. The number of H-pyrrole nitrogens is 1. The molecule has 0 saturated carbocycles. The van der Waals surface area contributed by atoms with E-state index in [1.807, 2.05) is 20.8 Å². The Morgan fingerprint density at radius 1 is 1.55 bits per heavy atom. The zero-order chi connectivity index (χ0) is 14.9. The van der Waals surface area contributed by atoms with Crippen LogP contribution in [0.5, 0.6) is 0 Å². The number of hydrogen-bond acceptors (Lipinski definition) is 4. The normalized spacial score (nSPS) is 18.9. The van der Waals surface area contributed by atoms with Crippen LogP contribution in [0.4, 0.5) is 0 Å². The van der Waals surface area contributed by atoms with E-state index in [4.69, 9.17) is 0 Å². The summed E-state index contributed by atoms with van der Waals surface area (Å²) < 4.78 is 0. The van der Waals surface area contributed by atoms with Crippen molar-refractivity contribution >= 4 is 11.8 Å². The van der Waals surface area contributed by atoms with Crippen molar-refractivity contribution < 1.29 is 9.59 Å². The lowest BCUT2D eigenvalue weighted by Crippen LogP contribution is -2.36. The molecule has 110 valence electrons. The fourth-order valence-corrected chi connectivity index (χ4v) is 2.46. The molecule has 1 saturated heterocycles. The van der Waals surface area contributed by atoms with Crippen LogP contribution < -0.4 is 0 Å². The summed E-state index contributed by atoms with van der Waals surface area (Å²) in [7, 11) is 1.72. The van der Waals surface area contributed by atoms with Gasteiger partial charge in [0.1, 0.15) is 5.82 Å². The molecule has 0 aromatic carbocycles. The number of nitrogens with one attached hydrogen (secondary N) is 1. The number of likely N-dealkylation sites (tertiary alicyclic amines) is 1. The van der Waals surface area contributed by atoms with E-state index >= 15 is 0 Å². The van der Waals surface area contributed by atoms with Crippen LogP contribution >= 0.6 is 0 Å². The molecule has 1 fully saturated rings. The van der Waals surface area contributed by atoms with Gasteiger partial charge in [-0.25, -0.2) is 4.98 Å². The summed E-state index contributed by atoms with van der Waals surface area (Å²) in [5.74, 6) is 1.09. The predicted molar refractivity (Wildman–Crippen MR) is 72.5 cm³/mol. The Hall–Kier alpha value is -1.92. The van der Waals surface area contributed by atoms with Gasteiger partial charge in [0.25, 0.3) is 0 Å². The molecule has 1 atom stereocenters. The van der Waals surface area contributed by atoms with Gasteiger partial charge in [-0.1, -0.05) is 0 Å². The van der Waals surface area contributed by atoms with Crippen molar-refractivity contribution in [3.05, 3.63) is 11.6 Å². The Kier molecular flexibility index (Phi) is 4.06. The maximum Gasteiger partial charge on any atom is 0.228 e. The highest BCUT2D eigenvalue weighted by Crippen LogP contribution is 2.22. The second-order valence-electron chi connectivity index (χ2n) is 5.57. The summed E-state index contributed by atoms with van der Waals surface area (Å²) in [6, 6.07) is 0.140. The van der Waals surface area contributed by atoms with E-state index < -0.39 is 0 Å². The summed E-state index contributed by atoms with van der Waals surface area (Å²) >= 11 is 0. The lowest BCUT2D eigenvalue weighted by molar-refractivity contribution is -0.135. The number of amides is 2. The van der Waals surface area contributed by atoms with E-state index in [2.05, 4.69) is 15.2 Å². The van der Waals surface area contributed by atoms with E-state index in [1.165, 1.54) is 0 Å². The van der Waals surface area contributed by atoms with E-state index in [0.717, 1.165) is 5.82 Å². The highest BCUT2D eigenvalue weighted by Gasteiger charge is 2.36. The smallest absolute Gasteiger partial charge is 0.228 e. The van der Waals surface area contributed by atoms with Crippen LogP contribution in [0, 0.1) is 12.8 Å². The van der Waals surface area contributed by atoms with Gasteiger partial charge in [-0.2, -0.15) is 5.10 Å². The summed E-state index contributed by atoms with van der Waals surface area (Å²) in [4.78, 5) is 31.7. The fourth-order valence-electron chi connectivity index (χ4n) is 2.46. The Morgan fingerprint density at radius 2 is 2.25 bits per heavy atom. The van der Waals surface area contributed by atoms with Crippen LogP contribution in [0.3, 0.4) is 0 Å². The minimum atomic E-state index is -0.255. The zero-order valence-corrected chi connectivity index (χ0v) is 12.4. The fraction of sp³-hybridized carbons (Fsp3) is 0.692. The molecule has 0 bridgehead atoms. The van der Waals surface area contributed by atoms with Crippen LogP contribution in [0.2, 0.25) is 0 Å². The maximum atomic E-state index is 12.4. The van der Waals surface area contributed by atoms with Crippen LogP contribution in [-0.4, -0.2) is 56.4 Å². The standard InChI is InChI=1S/C13H21N5O2/c1-8(2)18-6-10(5-12(18)19)13(20)17(4)7-11-14-9(3)15-16-11/h8,10H,5-7H2,1-4H3,(H,14,15,16). The molecule has 7 heteroatoms. The minimum absolute atomic E-state index is 0.0241. The number of carbonyl (C=O) groups excluding carboxylic acids is 2. The number of carbonyl (C=O) groups is 2. The summed E-state index contributed by atoms with van der Waals surface area (Å²) in [6.07, 6.45) is 0.300. The lowest BCUT2D eigenvalue weighted by Gasteiger charge is -2.22. The van der Waals surface area contributed by atoms with Crippen molar-refractivity contribution in [2.75, 3.05) is 13.6 Å². The first kappa shape index (κ1) is 14.5. The molecule has 7 nitrogen and oxygen atoms in total. The van der Waals surface area contributed by atoms with Gasteiger partial charge in [-0.3, -0.25) is 14.7 Å². The lowest BCUT2D eigenvalue weighted by atomic mass is 10.1. The first-order valence-electron chi connectivity index (χ1n) is 6.80. The second-order valence-corrected chi connectivity index (χ2v) is 5.57. The number of rotatable bonds is 4. The Bertz CT molecular complexity index is 511. The third-order valence-electron chi connectivity index (χ3n) is 3.53. The molecule has 1 N–H and O–H groups in total. The molecule has 1 unspecified atom stereocenters. The molecule has 0 aliphatic carbocycles. The topological polar surface area (TPSA) is 82.2 Å². The zero-order valence-electron chi connectivity index (χ0n) is 12.4. The van der Waals surface area contributed by atoms with E-state index in [9.17, 15) is 9.59 Å². The largest absolute Gasteiger partial charge is 0.339 e. The molecular formula is C13H21N5O2. The summed E-state index contributed by atoms with van der Waals surface area (Å²) in [5, 5.41) is 6.77. The van der Waals surface area contributed by atoms with Crippen molar-refractivity contribution in [1.29, 1.82) is 0 Å². The number of aromatic nitrogens is 3. The number of aromatic amines is 1. The first-order valence-corrected chi connectivity index (χ1v) is 6.80. The average Bonchev–Trinajstić information content (AvgIpc) is 2.94.